The molecule has 2 unspecified atom stereocenters. The zero-order chi connectivity index (χ0) is 16.8. The Morgan fingerprint density at radius 2 is 1.83 bits per heavy atom. The van der Waals surface area contributed by atoms with E-state index >= 15 is 0 Å². The van der Waals surface area contributed by atoms with E-state index in [1.807, 2.05) is 0 Å². The summed E-state index contributed by atoms with van der Waals surface area (Å²) >= 11 is 0. The molecule has 0 amide bonds. The summed E-state index contributed by atoms with van der Waals surface area (Å²) in [5, 5.41) is 11.1. The number of ether oxygens (including phenoxy) is 1. The van der Waals surface area contributed by atoms with Gasteiger partial charge in [0.05, 0.1) is 18.3 Å². The number of methoxy groups -OCH3 is 1. The number of aliphatic hydroxyl groups is 1. The van der Waals surface area contributed by atoms with Crippen LogP contribution in [0.5, 0.6) is 5.75 Å². The van der Waals surface area contributed by atoms with Gasteiger partial charge < -0.3 is 14.7 Å². The molecule has 23 heavy (non-hydrogen) atoms. The van der Waals surface area contributed by atoms with Gasteiger partial charge in [0.1, 0.15) is 5.75 Å². The minimum atomic E-state index is -4.46. The van der Waals surface area contributed by atoms with Gasteiger partial charge in [0, 0.05) is 12.1 Å². The third-order valence-electron chi connectivity index (χ3n) is 5.42. The topological polar surface area (TPSA) is 32.7 Å². The molecule has 1 aromatic carbocycles. The predicted molar refractivity (Wildman–Crippen MR) is 80.3 cm³/mol. The molecule has 0 saturated carbocycles. The summed E-state index contributed by atoms with van der Waals surface area (Å²) in [6.45, 7) is 0. The smallest absolute Gasteiger partial charge is 0.419 e. The summed E-state index contributed by atoms with van der Waals surface area (Å²) in [7, 11) is 3.29. The molecule has 1 N–H and O–H groups in total. The fourth-order valence-corrected chi connectivity index (χ4v) is 4.10. The molecule has 2 aliphatic heterocycles. The summed E-state index contributed by atoms with van der Waals surface area (Å²) in [5.41, 5.74) is -1.37. The first-order chi connectivity index (χ1) is 10.7. The van der Waals surface area contributed by atoms with Crippen molar-refractivity contribution in [2.75, 3.05) is 14.2 Å². The molecule has 3 rings (SSSR count). The normalized spacial score (nSPS) is 31.9. The number of nitrogens with zero attached hydrogens (tertiary/aromatic N) is 1. The van der Waals surface area contributed by atoms with Gasteiger partial charge in [-0.3, -0.25) is 0 Å². The lowest BCUT2D eigenvalue weighted by Crippen LogP contribution is -2.55. The van der Waals surface area contributed by atoms with Crippen molar-refractivity contribution < 1.29 is 23.0 Å². The van der Waals surface area contributed by atoms with Gasteiger partial charge in [-0.2, -0.15) is 13.2 Å². The maximum atomic E-state index is 13.0. The van der Waals surface area contributed by atoms with Crippen LogP contribution in [0.25, 0.3) is 0 Å². The minimum absolute atomic E-state index is 0.229. The average molecular weight is 329 g/mol. The van der Waals surface area contributed by atoms with Gasteiger partial charge in [-0.05, 0) is 50.4 Å². The Bertz CT molecular complexity index is 574. The van der Waals surface area contributed by atoms with E-state index in [0.717, 1.165) is 25.3 Å². The molecule has 0 aromatic heterocycles. The highest BCUT2D eigenvalue weighted by Crippen LogP contribution is 2.45. The zero-order valence-electron chi connectivity index (χ0n) is 13.4. The Kier molecular flexibility index (Phi) is 4.09. The quantitative estimate of drug-likeness (QED) is 0.901. The van der Waals surface area contributed by atoms with Gasteiger partial charge in [-0.15, -0.1) is 0 Å². The molecule has 0 spiro atoms. The molecule has 3 nitrogen and oxygen atoms in total. The van der Waals surface area contributed by atoms with Crippen molar-refractivity contribution in [2.24, 2.45) is 0 Å². The van der Waals surface area contributed by atoms with Crippen molar-refractivity contribution in [3.63, 3.8) is 0 Å². The second kappa shape index (κ2) is 5.67. The molecular formula is C17H22F3NO2. The van der Waals surface area contributed by atoms with Crippen molar-refractivity contribution >= 4 is 0 Å². The van der Waals surface area contributed by atoms with Crippen LogP contribution >= 0.6 is 0 Å². The van der Waals surface area contributed by atoms with Crippen molar-refractivity contribution in [1.82, 2.24) is 4.90 Å². The maximum absolute atomic E-state index is 13.0. The molecular weight excluding hydrogens is 307 g/mol. The molecule has 2 saturated heterocycles. The third kappa shape index (κ3) is 2.94. The van der Waals surface area contributed by atoms with Gasteiger partial charge >= 0.3 is 6.18 Å². The minimum Gasteiger partial charge on any atom is -0.496 e. The van der Waals surface area contributed by atoms with Crippen LogP contribution in [-0.2, 0) is 11.8 Å². The number of alkyl halides is 3. The lowest BCUT2D eigenvalue weighted by molar-refractivity contribution is -0.138. The largest absolute Gasteiger partial charge is 0.496 e. The standard InChI is InChI=1S/C17H22F3NO2/c1-21-12-4-3-5-13(21)10-16(22,9-12)11-6-7-14(17(18,19)20)15(8-11)23-2/h6-8,12-13,22H,3-5,9-10H2,1-2H3. The zero-order valence-corrected chi connectivity index (χ0v) is 13.4. The molecule has 2 fully saturated rings. The van der Waals surface area contributed by atoms with Crippen molar-refractivity contribution in [1.29, 1.82) is 0 Å². The number of hydrogen-bond donors (Lipinski definition) is 1. The first kappa shape index (κ1) is 16.6. The monoisotopic (exact) mass is 329 g/mol. The van der Waals surface area contributed by atoms with Crippen molar-refractivity contribution in [3.8, 4) is 5.75 Å². The maximum Gasteiger partial charge on any atom is 0.419 e. The van der Waals surface area contributed by atoms with Crippen LogP contribution < -0.4 is 4.74 Å². The second-order valence-corrected chi connectivity index (χ2v) is 6.76. The second-order valence-electron chi connectivity index (χ2n) is 6.76. The molecule has 128 valence electrons. The van der Waals surface area contributed by atoms with Crippen LogP contribution in [0.4, 0.5) is 13.2 Å². The Hall–Kier alpha value is -1.27. The van der Waals surface area contributed by atoms with Crippen LogP contribution in [-0.4, -0.2) is 36.2 Å². The van der Waals surface area contributed by atoms with Crippen LogP contribution in [0, 0.1) is 0 Å². The molecule has 2 bridgehead atoms. The van der Waals surface area contributed by atoms with Crippen LogP contribution in [0.2, 0.25) is 0 Å². The van der Waals surface area contributed by atoms with Gasteiger partial charge in [0.25, 0.3) is 0 Å². The SMILES string of the molecule is COc1cc(C2(O)CC3CCCC(C2)N3C)ccc1C(F)(F)F. The first-order valence-electron chi connectivity index (χ1n) is 7.94. The number of rotatable bonds is 2. The highest BCUT2D eigenvalue weighted by molar-refractivity contribution is 5.42. The molecule has 0 aliphatic carbocycles. The van der Waals surface area contributed by atoms with Crippen LogP contribution in [0.15, 0.2) is 18.2 Å². The molecule has 6 heteroatoms. The van der Waals surface area contributed by atoms with E-state index in [2.05, 4.69) is 11.9 Å². The van der Waals surface area contributed by atoms with Crippen LogP contribution in [0.3, 0.4) is 0 Å². The highest BCUT2D eigenvalue weighted by atomic mass is 19.4. The number of benzene rings is 1. The van der Waals surface area contributed by atoms with E-state index in [9.17, 15) is 18.3 Å². The molecule has 2 aliphatic rings. The fourth-order valence-electron chi connectivity index (χ4n) is 4.10. The van der Waals surface area contributed by atoms with Crippen molar-refractivity contribution in [3.05, 3.63) is 29.3 Å². The summed E-state index contributed by atoms with van der Waals surface area (Å²) in [4.78, 5) is 2.30. The number of fused-ring (bicyclic) bond motifs is 2. The molecule has 1 aromatic rings. The molecule has 0 radical (unpaired) electrons. The van der Waals surface area contributed by atoms with E-state index in [0.29, 0.717) is 18.4 Å². The molecule has 2 heterocycles. The Morgan fingerprint density at radius 3 is 2.35 bits per heavy atom. The lowest BCUT2D eigenvalue weighted by Gasteiger charge is -2.50. The lowest BCUT2D eigenvalue weighted by atomic mass is 9.72. The third-order valence-corrected chi connectivity index (χ3v) is 5.42. The predicted octanol–water partition coefficient (Wildman–Crippen LogP) is 3.55. The number of halogens is 3. The summed E-state index contributed by atoms with van der Waals surface area (Å²) in [5.74, 6) is -0.229. The van der Waals surface area contributed by atoms with Crippen LogP contribution in [0.1, 0.15) is 43.2 Å². The van der Waals surface area contributed by atoms with Gasteiger partial charge in [-0.1, -0.05) is 12.5 Å². The Labute approximate surface area is 134 Å². The Balaban J connectivity index is 1.95. The van der Waals surface area contributed by atoms with E-state index < -0.39 is 17.3 Å². The van der Waals surface area contributed by atoms with Gasteiger partial charge in [-0.25, -0.2) is 0 Å². The number of hydrogen-bond acceptors (Lipinski definition) is 3. The molecule has 2 atom stereocenters. The van der Waals surface area contributed by atoms with E-state index in [4.69, 9.17) is 4.74 Å². The first-order valence-corrected chi connectivity index (χ1v) is 7.94. The summed E-state index contributed by atoms with van der Waals surface area (Å²) < 4.78 is 43.9. The number of piperidine rings is 2. The van der Waals surface area contributed by atoms with E-state index in [1.54, 1.807) is 0 Å². The van der Waals surface area contributed by atoms with Crippen molar-refractivity contribution in [2.45, 2.75) is 56.0 Å². The average Bonchev–Trinajstić information content (AvgIpc) is 2.47. The van der Waals surface area contributed by atoms with Gasteiger partial charge in [0.2, 0.25) is 0 Å². The van der Waals surface area contributed by atoms with E-state index in [-0.39, 0.29) is 17.8 Å². The highest BCUT2D eigenvalue weighted by Gasteiger charge is 2.45. The fraction of sp³-hybridized carbons (Fsp3) is 0.647. The van der Waals surface area contributed by atoms with E-state index in [1.165, 1.54) is 19.2 Å². The summed E-state index contributed by atoms with van der Waals surface area (Å²) in [6, 6.07) is 4.32. The summed E-state index contributed by atoms with van der Waals surface area (Å²) in [6.07, 6.45) is -0.176. The van der Waals surface area contributed by atoms with Gasteiger partial charge in [0.15, 0.2) is 0 Å². The Morgan fingerprint density at radius 1 is 1.22 bits per heavy atom.